The summed E-state index contributed by atoms with van der Waals surface area (Å²) in [7, 11) is 0. The molecule has 0 radical (unpaired) electrons. The Morgan fingerprint density at radius 3 is 2.29 bits per heavy atom. The number of anilines is 1. The van der Waals surface area contributed by atoms with Gasteiger partial charge in [0.2, 0.25) is 18.2 Å². The number of halogens is 1. The molecule has 3 atom stereocenters. The Balaban J connectivity index is 1.72. The Hall–Kier alpha value is -2.56. The Morgan fingerprint density at radius 2 is 1.68 bits per heavy atom. The maximum atomic E-state index is 14.8. The molecule has 2 aliphatic rings. The molecule has 0 saturated carbocycles. The van der Waals surface area contributed by atoms with E-state index in [4.69, 9.17) is 0 Å². The highest BCUT2D eigenvalue weighted by Gasteiger charge is 2.33. The molecule has 0 spiro atoms. The summed E-state index contributed by atoms with van der Waals surface area (Å²) in [5, 5.41) is 44.0. The van der Waals surface area contributed by atoms with E-state index in [1.807, 2.05) is 0 Å². The highest BCUT2D eigenvalue weighted by Crippen LogP contribution is 2.43. The van der Waals surface area contributed by atoms with Crippen molar-refractivity contribution in [2.24, 2.45) is 0 Å². The number of rotatable bonds is 3. The van der Waals surface area contributed by atoms with Crippen LogP contribution in [0.25, 0.3) is 10.8 Å². The van der Waals surface area contributed by atoms with Crippen molar-refractivity contribution in [3.05, 3.63) is 17.9 Å². The van der Waals surface area contributed by atoms with Crippen LogP contribution in [0.1, 0.15) is 18.9 Å². The number of piperidine rings is 1. The zero-order valence-electron chi connectivity index (χ0n) is 15.1. The fourth-order valence-electron chi connectivity index (χ4n) is 4.06. The Labute approximate surface area is 160 Å². The molecule has 5 N–H and O–H groups in total. The Kier molecular flexibility index (Phi) is 4.77. The number of amides is 1. The van der Waals surface area contributed by atoms with Crippen LogP contribution in [0.3, 0.4) is 0 Å². The number of benzene rings is 1. The smallest absolute Gasteiger partial charge is 0.209 e. The predicted molar refractivity (Wildman–Crippen MR) is 98.5 cm³/mol. The number of nitrogens with one attached hydrogen (secondary N) is 1. The van der Waals surface area contributed by atoms with Crippen molar-refractivity contribution in [1.82, 2.24) is 14.8 Å². The topological polar surface area (TPSA) is 121 Å². The number of carbonyl (C=O) groups excluding carboxylic acids is 1. The molecule has 2 saturated heterocycles. The van der Waals surface area contributed by atoms with Crippen LogP contribution < -0.4 is 10.2 Å². The number of aliphatic hydroxyl groups excluding tert-OH is 2. The maximum absolute atomic E-state index is 14.8. The first kappa shape index (κ1) is 18.8. The van der Waals surface area contributed by atoms with Crippen molar-refractivity contribution < 1.29 is 29.6 Å². The molecule has 4 rings (SSSR count). The lowest BCUT2D eigenvalue weighted by molar-refractivity contribution is -0.118. The monoisotopic (exact) mass is 394 g/mol. The van der Waals surface area contributed by atoms with Crippen molar-refractivity contribution in [2.75, 3.05) is 31.1 Å². The first-order valence-corrected chi connectivity index (χ1v) is 9.22. The summed E-state index contributed by atoms with van der Waals surface area (Å²) >= 11 is 0. The number of aromatic nitrogens is 1. The minimum absolute atomic E-state index is 0.142. The lowest BCUT2D eigenvalue weighted by Crippen LogP contribution is -2.47. The van der Waals surface area contributed by atoms with Crippen molar-refractivity contribution >= 4 is 22.9 Å². The molecule has 1 aromatic carbocycles. The van der Waals surface area contributed by atoms with Gasteiger partial charge < -0.3 is 30.2 Å². The molecule has 1 aromatic heterocycles. The maximum Gasteiger partial charge on any atom is 0.209 e. The fourth-order valence-corrected chi connectivity index (χ4v) is 4.06. The molecular weight excluding hydrogens is 371 g/mol. The van der Waals surface area contributed by atoms with E-state index in [0.717, 1.165) is 6.41 Å². The average Bonchev–Trinajstić information content (AvgIpc) is 2.91. The number of fused-ring (bicyclic) bond motifs is 1. The van der Waals surface area contributed by atoms with Gasteiger partial charge in [-0.1, -0.05) is 0 Å². The molecule has 152 valence electrons. The predicted octanol–water partition coefficient (Wildman–Crippen LogP) is 0.0313. The van der Waals surface area contributed by atoms with E-state index in [0.29, 0.717) is 39.0 Å². The lowest BCUT2D eigenvalue weighted by Gasteiger charge is -2.34. The number of hydrogen-bond donors (Lipinski definition) is 5. The van der Waals surface area contributed by atoms with Gasteiger partial charge in [-0.3, -0.25) is 14.7 Å². The highest BCUT2D eigenvalue weighted by molar-refractivity contribution is 5.95. The van der Waals surface area contributed by atoms with Gasteiger partial charge >= 0.3 is 0 Å². The van der Waals surface area contributed by atoms with Gasteiger partial charge in [-0.25, -0.2) is 4.39 Å². The van der Waals surface area contributed by atoms with E-state index < -0.39 is 24.3 Å². The number of aliphatic hydroxyl groups is 2. The van der Waals surface area contributed by atoms with Crippen LogP contribution in [0.4, 0.5) is 10.1 Å². The van der Waals surface area contributed by atoms with Crippen molar-refractivity contribution in [3.63, 3.8) is 0 Å². The largest absolute Gasteiger partial charge is 0.494 e. The second kappa shape index (κ2) is 7.12. The van der Waals surface area contributed by atoms with E-state index in [1.165, 1.54) is 16.7 Å². The normalized spacial score (nSPS) is 26.0. The summed E-state index contributed by atoms with van der Waals surface area (Å²) in [4.78, 5) is 14.3. The quantitative estimate of drug-likeness (QED) is 0.466. The van der Waals surface area contributed by atoms with E-state index in [-0.39, 0.29) is 28.2 Å². The zero-order chi connectivity index (χ0) is 20.0. The van der Waals surface area contributed by atoms with Gasteiger partial charge in [0.25, 0.3) is 0 Å². The minimum atomic E-state index is -1.18. The molecule has 3 heterocycles. The standard InChI is InChI=1S/C18H23FN4O5/c19-12-7-10-11(8-14(12)22-5-3-21(9-24)4-6-22)18(28)23(17(10)27)13-1-2-15(25)20-16(13)26/h7-9,13,15-16,20,25-28H,1-6H2. The summed E-state index contributed by atoms with van der Waals surface area (Å²) < 4.78 is 15.9. The molecule has 2 aromatic rings. The minimum Gasteiger partial charge on any atom is -0.494 e. The molecule has 2 fully saturated rings. The third-order valence-electron chi connectivity index (χ3n) is 5.62. The third-order valence-corrected chi connectivity index (χ3v) is 5.62. The molecule has 0 bridgehead atoms. The van der Waals surface area contributed by atoms with Gasteiger partial charge in [-0.2, -0.15) is 0 Å². The summed E-state index contributed by atoms with van der Waals surface area (Å²) in [6.45, 7) is 1.86. The van der Waals surface area contributed by atoms with Gasteiger partial charge in [0, 0.05) is 31.6 Å². The Morgan fingerprint density at radius 1 is 1.04 bits per heavy atom. The summed E-state index contributed by atoms with van der Waals surface area (Å²) in [6.07, 6.45) is -0.630. The average molecular weight is 394 g/mol. The molecule has 0 aliphatic carbocycles. The van der Waals surface area contributed by atoms with Crippen LogP contribution in [0.2, 0.25) is 0 Å². The van der Waals surface area contributed by atoms with Crippen molar-refractivity contribution in [3.8, 4) is 11.8 Å². The Bertz CT molecular complexity index is 896. The summed E-state index contributed by atoms with van der Waals surface area (Å²) in [5.74, 6) is -1.16. The zero-order valence-corrected chi connectivity index (χ0v) is 15.1. The van der Waals surface area contributed by atoms with Crippen molar-refractivity contribution in [2.45, 2.75) is 31.3 Å². The molecule has 10 heteroatoms. The lowest BCUT2D eigenvalue weighted by atomic mass is 10.0. The van der Waals surface area contributed by atoms with Gasteiger partial charge in [0.1, 0.15) is 18.3 Å². The van der Waals surface area contributed by atoms with Crippen LogP contribution >= 0.6 is 0 Å². The van der Waals surface area contributed by atoms with Crippen LogP contribution in [0, 0.1) is 5.82 Å². The number of piperazine rings is 1. The van der Waals surface area contributed by atoms with E-state index >= 15 is 0 Å². The molecular formula is C18H23FN4O5. The SMILES string of the molecule is O=CN1CCN(c2cc3c(O)n(C4CCC(O)NC4O)c(O)c3cc2F)CC1. The van der Waals surface area contributed by atoms with Crippen LogP contribution in [0.5, 0.6) is 11.8 Å². The van der Waals surface area contributed by atoms with E-state index in [9.17, 15) is 29.6 Å². The fraction of sp³-hybridized carbons (Fsp3) is 0.500. The first-order chi connectivity index (χ1) is 13.4. The molecule has 1 amide bonds. The van der Waals surface area contributed by atoms with Crippen LogP contribution in [-0.4, -0.2) is 74.9 Å². The molecule has 28 heavy (non-hydrogen) atoms. The summed E-state index contributed by atoms with van der Waals surface area (Å²) in [6, 6.07) is 1.93. The first-order valence-electron chi connectivity index (χ1n) is 9.22. The molecule has 3 unspecified atom stereocenters. The van der Waals surface area contributed by atoms with Crippen LogP contribution in [-0.2, 0) is 4.79 Å². The van der Waals surface area contributed by atoms with Gasteiger partial charge in [0.15, 0.2) is 0 Å². The van der Waals surface area contributed by atoms with E-state index in [1.54, 1.807) is 9.80 Å². The number of carbonyl (C=O) groups is 1. The second-order valence-corrected chi connectivity index (χ2v) is 7.27. The molecule has 2 aliphatic heterocycles. The third kappa shape index (κ3) is 3.03. The van der Waals surface area contributed by atoms with Gasteiger partial charge in [-0.05, 0) is 25.0 Å². The highest BCUT2D eigenvalue weighted by atomic mass is 19.1. The number of hydrogen-bond acceptors (Lipinski definition) is 7. The van der Waals surface area contributed by atoms with Gasteiger partial charge in [0.05, 0.1) is 17.1 Å². The second-order valence-electron chi connectivity index (χ2n) is 7.27. The van der Waals surface area contributed by atoms with Crippen molar-refractivity contribution in [1.29, 1.82) is 0 Å². The van der Waals surface area contributed by atoms with Gasteiger partial charge in [-0.15, -0.1) is 0 Å². The molecule has 9 nitrogen and oxygen atoms in total. The number of aromatic hydroxyl groups is 2. The summed E-state index contributed by atoms with van der Waals surface area (Å²) in [5.41, 5.74) is 0.281. The van der Waals surface area contributed by atoms with Crippen LogP contribution in [0.15, 0.2) is 12.1 Å². The number of nitrogens with zero attached hydrogens (tertiary/aromatic N) is 3. The van der Waals surface area contributed by atoms with E-state index in [2.05, 4.69) is 5.32 Å².